The molecule has 106 valence electrons. The Balaban J connectivity index is 2.40. The molecule has 0 radical (unpaired) electrons. The third-order valence-corrected chi connectivity index (χ3v) is 3.94. The van der Waals surface area contributed by atoms with Crippen LogP contribution in [0.3, 0.4) is 0 Å². The number of benzene rings is 1. The molecule has 1 aromatic carbocycles. The predicted molar refractivity (Wildman–Crippen MR) is 78.5 cm³/mol. The van der Waals surface area contributed by atoms with Crippen LogP contribution in [0.2, 0.25) is 0 Å². The van der Waals surface area contributed by atoms with Crippen LogP contribution >= 0.6 is 15.9 Å². The maximum absolute atomic E-state index is 11.2. The van der Waals surface area contributed by atoms with Gasteiger partial charge in [0.05, 0.1) is 25.0 Å². The van der Waals surface area contributed by atoms with Gasteiger partial charge in [-0.05, 0) is 37.6 Å². The van der Waals surface area contributed by atoms with E-state index in [1.165, 1.54) is 0 Å². The van der Waals surface area contributed by atoms with E-state index in [4.69, 9.17) is 4.74 Å². The molecule has 0 amide bonds. The summed E-state index contributed by atoms with van der Waals surface area (Å²) in [7, 11) is 1.61. The van der Waals surface area contributed by atoms with Crippen LogP contribution in [-0.4, -0.2) is 28.0 Å². The number of ether oxygens (including phenoxy) is 1. The highest BCUT2D eigenvalue weighted by Crippen LogP contribution is 2.24. The van der Waals surface area contributed by atoms with E-state index in [2.05, 4.69) is 21.0 Å². The van der Waals surface area contributed by atoms with E-state index in [0.29, 0.717) is 17.9 Å². The lowest BCUT2D eigenvalue weighted by Gasteiger charge is -2.09. The number of hydrogen-bond acceptors (Lipinski definition) is 3. The van der Waals surface area contributed by atoms with Crippen molar-refractivity contribution in [2.75, 3.05) is 7.11 Å². The van der Waals surface area contributed by atoms with Crippen LogP contribution in [0.1, 0.15) is 27.3 Å². The van der Waals surface area contributed by atoms with Crippen molar-refractivity contribution in [1.82, 2.24) is 9.78 Å². The highest BCUT2D eigenvalue weighted by molar-refractivity contribution is 9.10. The summed E-state index contributed by atoms with van der Waals surface area (Å²) in [4.78, 5) is 11.2. The van der Waals surface area contributed by atoms with Gasteiger partial charge >= 0.3 is 5.97 Å². The van der Waals surface area contributed by atoms with Gasteiger partial charge < -0.3 is 9.84 Å². The van der Waals surface area contributed by atoms with Crippen molar-refractivity contribution in [2.24, 2.45) is 0 Å². The Labute approximate surface area is 125 Å². The average molecular weight is 339 g/mol. The summed E-state index contributed by atoms with van der Waals surface area (Å²) in [6.07, 6.45) is 0. The van der Waals surface area contributed by atoms with Crippen molar-refractivity contribution in [3.05, 3.63) is 45.2 Å². The van der Waals surface area contributed by atoms with Crippen LogP contribution in [0.15, 0.2) is 22.7 Å². The van der Waals surface area contributed by atoms with Crippen molar-refractivity contribution < 1.29 is 14.6 Å². The van der Waals surface area contributed by atoms with Gasteiger partial charge in [0.15, 0.2) is 0 Å². The third kappa shape index (κ3) is 2.70. The maximum Gasteiger partial charge on any atom is 0.339 e. The maximum atomic E-state index is 11.2. The summed E-state index contributed by atoms with van der Waals surface area (Å²) in [5.41, 5.74) is 2.41. The van der Waals surface area contributed by atoms with E-state index in [9.17, 15) is 9.90 Å². The minimum Gasteiger partial charge on any atom is -0.497 e. The Hall–Kier alpha value is -1.82. The molecule has 0 aliphatic rings. The van der Waals surface area contributed by atoms with Crippen molar-refractivity contribution in [2.45, 2.75) is 20.4 Å². The first-order valence-electron chi connectivity index (χ1n) is 6.03. The van der Waals surface area contributed by atoms with Crippen LogP contribution in [0.25, 0.3) is 0 Å². The summed E-state index contributed by atoms with van der Waals surface area (Å²) in [6.45, 7) is 3.95. The Morgan fingerprint density at radius 2 is 2.15 bits per heavy atom. The van der Waals surface area contributed by atoms with E-state index in [1.54, 1.807) is 25.6 Å². The van der Waals surface area contributed by atoms with Crippen LogP contribution in [0, 0.1) is 13.8 Å². The van der Waals surface area contributed by atoms with Crippen molar-refractivity contribution in [1.29, 1.82) is 0 Å². The topological polar surface area (TPSA) is 64.4 Å². The van der Waals surface area contributed by atoms with E-state index in [1.807, 2.05) is 18.2 Å². The summed E-state index contributed by atoms with van der Waals surface area (Å²) >= 11 is 3.48. The average Bonchev–Trinajstić information content (AvgIpc) is 2.67. The van der Waals surface area contributed by atoms with E-state index in [-0.39, 0.29) is 5.56 Å². The number of aromatic carboxylic acids is 1. The van der Waals surface area contributed by atoms with Gasteiger partial charge in [-0.3, -0.25) is 4.68 Å². The highest BCUT2D eigenvalue weighted by atomic mass is 79.9. The smallest absolute Gasteiger partial charge is 0.339 e. The molecule has 0 unspecified atom stereocenters. The summed E-state index contributed by atoms with van der Waals surface area (Å²) in [6, 6.07) is 5.66. The number of aryl methyl sites for hydroxylation is 1. The van der Waals surface area contributed by atoms with Crippen molar-refractivity contribution in [3.8, 4) is 5.75 Å². The molecular formula is C14H15BrN2O3. The molecule has 2 rings (SSSR count). The van der Waals surface area contributed by atoms with E-state index < -0.39 is 5.97 Å². The Morgan fingerprint density at radius 1 is 1.45 bits per heavy atom. The van der Waals surface area contributed by atoms with Crippen molar-refractivity contribution >= 4 is 21.9 Å². The fourth-order valence-corrected chi connectivity index (χ4v) is 2.49. The zero-order valence-corrected chi connectivity index (χ0v) is 13.1. The monoisotopic (exact) mass is 338 g/mol. The molecule has 1 heterocycles. The molecule has 5 nitrogen and oxygen atoms in total. The Morgan fingerprint density at radius 3 is 2.70 bits per heavy atom. The molecule has 0 atom stereocenters. The lowest BCUT2D eigenvalue weighted by atomic mass is 10.2. The fourth-order valence-electron chi connectivity index (χ4n) is 2.12. The lowest BCUT2D eigenvalue weighted by molar-refractivity contribution is 0.0695. The normalized spacial score (nSPS) is 10.6. The molecule has 0 fully saturated rings. The summed E-state index contributed by atoms with van der Waals surface area (Å²) in [5.74, 6) is -0.195. The van der Waals surface area contributed by atoms with E-state index in [0.717, 1.165) is 15.8 Å². The molecule has 0 bridgehead atoms. The van der Waals surface area contributed by atoms with Crippen LogP contribution < -0.4 is 4.74 Å². The fraction of sp³-hybridized carbons (Fsp3) is 0.286. The van der Waals surface area contributed by atoms with Gasteiger partial charge in [0, 0.05) is 4.47 Å². The van der Waals surface area contributed by atoms with Crippen LogP contribution in [-0.2, 0) is 6.54 Å². The molecule has 0 aliphatic carbocycles. The second-order valence-electron chi connectivity index (χ2n) is 4.47. The second kappa shape index (κ2) is 5.66. The van der Waals surface area contributed by atoms with Gasteiger partial charge in [-0.25, -0.2) is 4.79 Å². The first-order chi connectivity index (χ1) is 9.43. The number of nitrogens with zero attached hydrogens (tertiary/aromatic N) is 2. The number of methoxy groups -OCH3 is 1. The highest BCUT2D eigenvalue weighted by Gasteiger charge is 2.18. The first-order valence-corrected chi connectivity index (χ1v) is 6.83. The number of carboxylic acids is 1. The van der Waals surface area contributed by atoms with E-state index >= 15 is 0 Å². The van der Waals surface area contributed by atoms with Gasteiger partial charge in [-0.15, -0.1) is 0 Å². The van der Waals surface area contributed by atoms with Crippen LogP contribution in [0.4, 0.5) is 0 Å². The number of carbonyl (C=O) groups is 1. The molecule has 0 aliphatic heterocycles. The molecule has 0 saturated carbocycles. The van der Waals surface area contributed by atoms with Gasteiger partial charge in [-0.1, -0.05) is 15.9 Å². The number of rotatable bonds is 4. The number of halogens is 1. The van der Waals surface area contributed by atoms with Gasteiger partial charge in [0.1, 0.15) is 11.3 Å². The molecule has 1 N–H and O–H groups in total. The Kier molecular flexibility index (Phi) is 4.13. The molecule has 1 aromatic heterocycles. The first kappa shape index (κ1) is 14.6. The summed E-state index contributed by atoms with van der Waals surface area (Å²) in [5, 5.41) is 13.5. The zero-order valence-electron chi connectivity index (χ0n) is 11.5. The predicted octanol–water partition coefficient (Wildman–Crippen LogP) is 3.02. The number of aromatic nitrogens is 2. The zero-order chi connectivity index (χ0) is 14.9. The molecule has 6 heteroatoms. The largest absolute Gasteiger partial charge is 0.497 e. The minimum absolute atomic E-state index is 0.268. The molecule has 0 spiro atoms. The summed E-state index contributed by atoms with van der Waals surface area (Å²) < 4.78 is 7.83. The lowest BCUT2D eigenvalue weighted by Crippen LogP contribution is -2.06. The molecule has 2 aromatic rings. The number of carboxylic acid groups (broad SMARTS) is 1. The van der Waals surface area contributed by atoms with Crippen molar-refractivity contribution in [3.63, 3.8) is 0 Å². The Bertz CT molecular complexity index is 665. The molecule has 20 heavy (non-hydrogen) atoms. The molecule has 0 saturated heterocycles. The molecular weight excluding hydrogens is 324 g/mol. The van der Waals surface area contributed by atoms with Gasteiger partial charge in [0.25, 0.3) is 0 Å². The number of hydrogen-bond donors (Lipinski definition) is 1. The SMILES string of the molecule is COc1ccc(Br)c(Cn2nc(C)c(C(=O)O)c2C)c1. The standard InChI is InChI=1S/C14H15BrN2O3/c1-8-13(14(18)19)9(2)17(16-8)7-10-6-11(20-3)4-5-12(10)15/h4-6H,7H2,1-3H3,(H,18,19). The van der Waals surface area contributed by atoms with Gasteiger partial charge in [-0.2, -0.15) is 5.10 Å². The second-order valence-corrected chi connectivity index (χ2v) is 5.32. The third-order valence-electron chi connectivity index (χ3n) is 3.17. The van der Waals surface area contributed by atoms with Gasteiger partial charge in [0.2, 0.25) is 0 Å². The van der Waals surface area contributed by atoms with Crippen LogP contribution in [0.5, 0.6) is 5.75 Å². The quantitative estimate of drug-likeness (QED) is 0.930. The minimum atomic E-state index is -0.948.